The average molecular weight is 612 g/mol. The first-order chi connectivity index (χ1) is 21.1. The molecule has 3 N–H and O–H groups in total. The summed E-state index contributed by atoms with van der Waals surface area (Å²) in [5, 5.41) is 27.6. The molecule has 10 nitrogen and oxygen atoms in total. The Morgan fingerprint density at radius 1 is 0.978 bits per heavy atom. The summed E-state index contributed by atoms with van der Waals surface area (Å²) in [5.74, 6) is -1.31. The lowest BCUT2D eigenvalue weighted by Crippen LogP contribution is -2.28. The van der Waals surface area contributed by atoms with Crippen molar-refractivity contribution < 1.29 is 19.4 Å². The zero-order valence-corrected chi connectivity index (χ0v) is 25.8. The van der Waals surface area contributed by atoms with Crippen molar-refractivity contribution in [2.24, 2.45) is 7.05 Å². The topological polar surface area (TPSA) is 139 Å². The Labute approximate surface area is 258 Å². The van der Waals surface area contributed by atoms with Gasteiger partial charge in [-0.15, -0.1) is 0 Å². The normalized spacial score (nSPS) is 12.0. The van der Waals surface area contributed by atoms with Crippen LogP contribution in [0.3, 0.4) is 0 Å². The number of anilines is 2. The minimum Gasteiger partial charge on any atom is -0.481 e. The van der Waals surface area contributed by atoms with Gasteiger partial charge in [0.15, 0.2) is 0 Å². The van der Waals surface area contributed by atoms with Crippen LogP contribution in [-0.4, -0.2) is 35.5 Å². The minimum atomic E-state index is -1.14. The molecule has 2 aromatic carbocycles. The molecule has 0 radical (unpaired) electrons. The number of aryl methyl sites for hydroxylation is 1. The maximum absolute atomic E-state index is 15.3. The highest BCUT2D eigenvalue weighted by Crippen LogP contribution is 2.31. The molecule has 0 amide bonds. The Balaban J connectivity index is 1.58. The predicted octanol–water partition coefficient (Wildman–Crippen LogP) is 5.18. The van der Waals surface area contributed by atoms with Crippen molar-refractivity contribution in [1.82, 2.24) is 19.3 Å². The number of rotatable bonds is 7. The fourth-order valence-corrected chi connectivity index (χ4v) is 5.10. The van der Waals surface area contributed by atoms with Gasteiger partial charge in [0.1, 0.15) is 17.3 Å². The average Bonchev–Trinajstić information content (AvgIpc) is 2.98. The Morgan fingerprint density at radius 3 is 2.33 bits per heavy atom. The summed E-state index contributed by atoms with van der Waals surface area (Å²) in [6.07, 6.45) is 4.48. The number of nitrogens with one attached hydrogen (secondary N) is 1. The van der Waals surface area contributed by atoms with Gasteiger partial charge in [-0.2, -0.15) is 9.78 Å². The number of halogens is 1. The van der Waals surface area contributed by atoms with Crippen molar-refractivity contribution in [3.63, 3.8) is 0 Å². The molecule has 0 aliphatic rings. The number of hydrogen-bond acceptors (Lipinski definition) is 7. The van der Waals surface area contributed by atoms with Crippen molar-refractivity contribution in [2.45, 2.75) is 52.1 Å². The highest BCUT2D eigenvalue weighted by atomic mass is 19.1. The molecule has 0 aliphatic heterocycles. The van der Waals surface area contributed by atoms with E-state index < -0.39 is 29.4 Å². The van der Waals surface area contributed by atoms with Gasteiger partial charge in [-0.1, -0.05) is 39.0 Å². The van der Waals surface area contributed by atoms with Crippen LogP contribution in [0.15, 0.2) is 76.7 Å². The summed E-state index contributed by atoms with van der Waals surface area (Å²) in [6.45, 7) is 8.54. The SMILES string of the molecule is Cn1cc(-c2cccc(-n3ncc4cc(C(C)(C)C)cc(F)c4c3=O)c2CO)cc(Nc2ccc(C(C)(C)C(=O)O)cn2)c1=O. The zero-order chi connectivity index (χ0) is 32.8. The van der Waals surface area contributed by atoms with Crippen LogP contribution >= 0.6 is 0 Å². The number of aliphatic carboxylic acids is 1. The van der Waals surface area contributed by atoms with E-state index >= 15 is 4.39 Å². The molecule has 0 bridgehead atoms. The van der Waals surface area contributed by atoms with Crippen LogP contribution in [0.25, 0.3) is 27.6 Å². The summed E-state index contributed by atoms with van der Waals surface area (Å²) in [5.41, 5.74) is 0.608. The quantitative estimate of drug-likeness (QED) is 0.229. The first-order valence-electron chi connectivity index (χ1n) is 14.3. The molecule has 3 heterocycles. The number of hydrogen-bond donors (Lipinski definition) is 3. The van der Waals surface area contributed by atoms with Crippen LogP contribution in [0, 0.1) is 5.82 Å². The molecule has 45 heavy (non-hydrogen) atoms. The predicted molar refractivity (Wildman–Crippen MR) is 171 cm³/mol. The van der Waals surface area contributed by atoms with Crippen LogP contribution < -0.4 is 16.4 Å². The fourth-order valence-electron chi connectivity index (χ4n) is 5.10. The Hall–Kier alpha value is -5.16. The summed E-state index contributed by atoms with van der Waals surface area (Å²) < 4.78 is 17.8. The van der Waals surface area contributed by atoms with E-state index in [-0.39, 0.29) is 27.7 Å². The van der Waals surface area contributed by atoms with Crippen molar-refractivity contribution in [3.05, 3.63) is 110 Å². The fraction of sp³-hybridized carbons (Fsp3) is 0.265. The molecule has 0 unspecified atom stereocenters. The highest BCUT2D eigenvalue weighted by Gasteiger charge is 2.29. The molecular formula is C34H34FN5O5. The number of aliphatic hydroxyl groups is 1. The van der Waals surface area contributed by atoms with Gasteiger partial charge in [0, 0.05) is 36.0 Å². The first-order valence-corrected chi connectivity index (χ1v) is 14.3. The highest BCUT2D eigenvalue weighted by molar-refractivity contribution is 5.83. The molecule has 3 aromatic heterocycles. The minimum absolute atomic E-state index is 0.105. The number of carbonyl (C=O) groups is 1. The van der Waals surface area contributed by atoms with Gasteiger partial charge in [-0.3, -0.25) is 14.4 Å². The third-order valence-electron chi connectivity index (χ3n) is 8.02. The molecule has 0 atom stereocenters. The van der Waals surface area contributed by atoms with E-state index in [0.29, 0.717) is 33.5 Å². The number of carboxylic acids is 1. The maximum Gasteiger partial charge on any atom is 0.313 e. The molecule has 0 saturated heterocycles. The van der Waals surface area contributed by atoms with Crippen LogP contribution in [-0.2, 0) is 29.3 Å². The Morgan fingerprint density at radius 2 is 1.71 bits per heavy atom. The van der Waals surface area contributed by atoms with E-state index in [1.807, 2.05) is 20.8 Å². The number of aliphatic hydroxyl groups excluding tert-OH is 1. The summed E-state index contributed by atoms with van der Waals surface area (Å²) in [7, 11) is 1.58. The smallest absolute Gasteiger partial charge is 0.313 e. The van der Waals surface area contributed by atoms with Gasteiger partial charge in [0.25, 0.3) is 11.1 Å². The van der Waals surface area contributed by atoms with Crippen molar-refractivity contribution in [1.29, 1.82) is 0 Å². The first kappa shape index (κ1) is 31.3. The lowest BCUT2D eigenvalue weighted by Gasteiger charge is -2.20. The van der Waals surface area contributed by atoms with Crippen LogP contribution in [0.4, 0.5) is 15.9 Å². The van der Waals surface area contributed by atoms with Gasteiger partial charge in [0.2, 0.25) is 0 Å². The van der Waals surface area contributed by atoms with E-state index in [1.54, 1.807) is 69.6 Å². The molecule has 5 aromatic rings. The standard InChI is InChI=1S/C34H34FN5O5/c1-33(2,3)22-12-19-15-37-40(31(43)29(19)25(35)14-22)27-9-7-8-23(24(27)18-41)20-13-26(30(42)39(6)17-20)38-28-11-10-21(16-36-28)34(4,5)32(44)45/h7-17,41H,18H2,1-6H3,(H,36,38)(H,44,45). The molecule has 0 aliphatic carbocycles. The number of fused-ring (bicyclic) bond motifs is 1. The lowest BCUT2D eigenvalue weighted by atomic mass is 9.86. The Bertz CT molecular complexity index is 2080. The van der Waals surface area contributed by atoms with Crippen molar-refractivity contribution >= 4 is 28.2 Å². The summed E-state index contributed by atoms with van der Waals surface area (Å²) in [6, 6.07) is 13.0. The van der Waals surface area contributed by atoms with Crippen LogP contribution in [0.5, 0.6) is 0 Å². The van der Waals surface area contributed by atoms with Crippen LogP contribution in [0.1, 0.15) is 51.3 Å². The summed E-state index contributed by atoms with van der Waals surface area (Å²) >= 11 is 0. The monoisotopic (exact) mass is 611 g/mol. The molecule has 0 saturated carbocycles. The molecule has 0 spiro atoms. The number of benzene rings is 2. The maximum atomic E-state index is 15.3. The Kier molecular flexibility index (Phi) is 7.92. The van der Waals surface area contributed by atoms with E-state index in [2.05, 4.69) is 15.4 Å². The van der Waals surface area contributed by atoms with Crippen molar-refractivity contribution in [2.75, 3.05) is 5.32 Å². The lowest BCUT2D eigenvalue weighted by molar-refractivity contribution is -0.142. The van der Waals surface area contributed by atoms with E-state index in [1.165, 1.54) is 23.0 Å². The van der Waals surface area contributed by atoms with Crippen molar-refractivity contribution in [3.8, 4) is 16.8 Å². The van der Waals surface area contributed by atoms with Gasteiger partial charge in [-0.25, -0.2) is 9.37 Å². The number of carboxylic acid groups (broad SMARTS) is 1. The largest absolute Gasteiger partial charge is 0.481 e. The van der Waals surface area contributed by atoms with E-state index in [4.69, 9.17) is 0 Å². The second-order valence-corrected chi connectivity index (χ2v) is 12.5. The second kappa shape index (κ2) is 11.4. The molecular weight excluding hydrogens is 577 g/mol. The summed E-state index contributed by atoms with van der Waals surface area (Å²) in [4.78, 5) is 42.6. The van der Waals surface area contributed by atoms with Gasteiger partial charge in [0.05, 0.1) is 29.3 Å². The van der Waals surface area contributed by atoms with Gasteiger partial charge < -0.3 is 20.1 Å². The molecule has 11 heteroatoms. The number of aromatic nitrogens is 4. The third-order valence-corrected chi connectivity index (χ3v) is 8.02. The molecule has 0 fully saturated rings. The van der Waals surface area contributed by atoms with E-state index in [9.17, 15) is 24.6 Å². The third kappa shape index (κ3) is 5.74. The molecule has 5 rings (SSSR count). The molecule has 232 valence electrons. The second-order valence-electron chi connectivity index (χ2n) is 12.5. The number of pyridine rings is 2. The zero-order valence-electron chi connectivity index (χ0n) is 25.8. The number of nitrogens with zero attached hydrogens (tertiary/aromatic N) is 4. The van der Waals surface area contributed by atoms with Gasteiger partial charge >= 0.3 is 5.97 Å². The van der Waals surface area contributed by atoms with E-state index in [0.717, 1.165) is 10.2 Å². The van der Waals surface area contributed by atoms with Crippen LogP contribution in [0.2, 0.25) is 0 Å². The van der Waals surface area contributed by atoms with Gasteiger partial charge in [-0.05, 0) is 66.3 Å².